The minimum absolute atomic E-state index is 0.00972. The first-order valence-corrected chi connectivity index (χ1v) is 7.61. The highest BCUT2D eigenvalue weighted by atomic mass is 35.5. The summed E-state index contributed by atoms with van der Waals surface area (Å²) in [6, 6.07) is 8.01. The van der Waals surface area contributed by atoms with Gasteiger partial charge in [-0.15, -0.1) is 0 Å². The summed E-state index contributed by atoms with van der Waals surface area (Å²) < 4.78 is 14.8. The fraction of sp³-hybridized carbons (Fsp3) is 0.176. The Kier molecular flexibility index (Phi) is 6.13. The first-order chi connectivity index (χ1) is 12.4. The van der Waals surface area contributed by atoms with Crippen molar-refractivity contribution in [3.05, 3.63) is 62.7 Å². The number of nitro groups is 1. The molecule has 0 N–H and O–H groups in total. The van der Waals surface area contributed by atoms with Gasteiger partial charge in [0.15, 0.2) is 18.1 Å². The van der Waals surface area contributed by atoms with Crippen LogP contribution < -0.4 is 9.47 Å². The van der Waals surface area contributed by atoms with E-state index >= 15 is 0 Å². The summed E-state index contributed by atoms with van der Waals surface area (Å²) in [7, 11) is 2.72. The van der Waals surface area contributed by atoms with Gasteiger partial charge in [0.2, 0.25) is 0 Å². The first-order valence-electron chi connectivity index (χ1n) is 7.23. The van der Waals surface area contributed by atoms with Gasteiger partial charge in [-0.25, -0.2) is 4.79 Å². The number of halogens is 1. The van der Waals surface area contributed by atoms with Gasteiger partial charge < -0.3 is 14.2 Å². The van der Waals surface area contributed by atoms with Gasteiger partial charge in [0, 0.05) is 11.6 Å². The van der Waals surface area contributed by atoms with E-state index in [0.717, 1.165) is 6.07 Å². The molecule has 0 radical (unpaired) electrons. The van der Waals surface area contributed by atoms with Crippen LogP contribution in [-0.4, -0.2) is 37.5 Å². The molecule has 0 amide bonds. The van der Waals surface area contributed by atoms with Crippen molar-refractivity contribution in [3.63, 3.8) is 0 Å². The lowest BCUT2D eigenvalue weighted by atomic mass is 10.1. The van der Waals surface area contributed by atoms with Crippen molar-refractivity contribution in [1.82, 2.24) is 0 Å². The average Bonchev–Trinajstić information content (AvgIpc) is 2.64. The Morgan fingerprint density at radius 2 is 1.65 bits per heavy atom. The number of nitro benzene ring substituents is 1. The number of hydrogen-bond acceptors (Lipinski definition) is 7. The van der Waals surface area contributed by atoms with Gasteiger partial charge in [-0.3, -0.25) is 14.9 Å². The lowest BCUT2D eigenvalue weighted by Gasteiger charge is -2.07. The van der Waals surface area contributed by atoms with Crippen molar-refractivity contribution in [1.29, 1.82) is 0 Å². The van der Waals surface area contributed by atoms with Crippen molar-refractivity contribution in [2.24, 2.45) is 0 Å². The Labute approximate surface area is 153 Å². The summed E-state index contributed by atoms with van der Waals surface area (Å²) in [6.45, 7) is -0.540. The molecule has 26 heavy (non-hydrogen) atoms. The predicted molar refractivity (Wildman–Crippen MR) is 92.3 cm³/mol. The minimum atomic E-state index is -0.872. The molecule has 9 heteroatoms. The van der Waals surface area contributed by atoms with Gasteiger partial charge >= 0.3 is 11.7 Å². The van der Waals surface area contributed by atoms with Crippen LogP contribution in [0.2, 0.25) is 5.02 Å². The number of rotatable bonds is 7. The molecule has 0 spiro atoms. The Morgan fingerprint density at radius 1 is 1.04 bits per heavy atom. The molecule has 0 heterocycles. The van der Waals surface area contributed by atoms with Crippen LogP contribution in [0.25, 0.3) is 0 Å². The Bertz CT molecular complexity index is 866. The van der Waals surface area contributed by atoms with E-state index in [1.165, 1.54) is 44.6 Å². The second-order valence-electron chi connectivity index (χ2n) is 4.99. The van der Waals surface area contributed by atoms with Crippen molar-refractivity contribution >= 4 is 29.0 Å². The maximum atomic E-state index is 12.1. The molecule has 2 aromatic rings. The lowest BCUT2D eigenvalue weighted by Crippen LogP contribution is -2.14. The molecule has 0 aliphatic heterocycles. The quantitative estimate of drug-likeness (QED) is 0.314. The van der Waals surface area contributed by atoms with Crippen LogP contribution in [-0.2, 0) is 4.74 Å². The summed E-state index contributed by atoms with van der Waals surface area (Å²) in [5, 5.41) is 11.2. The molecule has 0 saturated carbocycles. The van der Waals surface area contributed by atoms with E-state index in [2.05, 4.69) is 0 Å². The number of carbonyl (C=O) groups excluding carboxylic acids is 2. The molecule has 0 aromatic heterocycles. The van der Waals surface area contributed by atoms with Crippen molar-refractivity contribution in [2.75, 3.05) is 20.8 Å². The Morgan fingerprint density at radius 3 is 2.23 bits per heavy atom. The Balaban J connectivity index is 2.08. The molecular weight excluding hydrogens is 366 g/mol. The summed E-state index contributed by atoms with van der Waals surface area (Å²) in [4.78, 5) is 34.4. The molecule has 2 rings (SSSR count). The zero-order chi connectivity index (χ0) is 19.3. The van der Waals surface area contributed by atoms with Crippen LogP contribution in [0.1, 0.15) is 20.7 Å². The summed E-state index contributed by atoms with van der Waals surface area (Å²) >= 11 is 5.95. The number of esters is 1. The second kappa shape index (κ2) is 8.30. The van der Waals surface area contributed by atoms with Crippen molar-refractivity contribution in [3.8, 4) is 11.5 Å². The lowest BCUT2D eigenvalue weighted by molar-refractivity contribution is -0.385. The van der Waals surface area contributed by atoms with Gasteiger partial charge in [-0.1, -0.05) is 11.6 Å². The van der Waals surface area contributed by atoms with Crippen LogP contribution in [0, 0.1) is 10.1 Å². The van der Waals surface area contributed by atoms with Crippen LogP contribution in [0.4, 0.5) is 5.69 Å². The summed E-state index contributed by atoms with van der Waals surface area (Å²) in [5.41, 5.74) is -0.211. The van der Waals surface area contributed by atoms with Crippen LogP contribution >= 0.6 is 11.6 Å². The number of ether oxygens (including phenoxy) is 3. The van der Waals surface area contributed by atoms with Crippen LogP contribution in [0.15, 0.2) is 36.4 Å². The third-order valence-corrected chi connectivity index (χ3v) is 3.71. The molecule has 0 aliphatic rings. The average molecular weight is 380 g/mol. The Hall–Kier alpha value is -3.13. The van der Waals surface area contributed by atoms with E-state index in [0.29, 0.717) is 5.75 Å². The van der Waals surface area contributed by atoms with Gasteiger partial charge in [-0.05, 0) is 30.3 Å². The molecular formula is C17H14ClNO7. The van der Waals surface area contributed by atoms with Gasteiger partial charge in [0.1, 0.15) is 5.75 Å². The number of nitrogens with zero attached hydrogens (tertiary/aromatic N) is 1. The summed E-state index contributed by atoms with van der Waals surface area (Å²) in [6.07, 6.45) is 0. The van der Waals surface area contributed by atoms with E-state index in [1.54, 1.807) is 0 Å². The maximum Gasteiger partial charge on any atom is 0.338 e. The van der Waals surface area contributed by atoms with Crippen LogP contribution in [0.3, 0.4) is 0 Å². The third-order valence-electron chi connectivity index (χ3n) is 3.42. The van der Waals surface area contributed by atoms with E-state index in [4.69, 9.17) is 25.8 Å². The number of ketones is 1. The number of carbonyl (C=O) groups is 2. The molecule has 0 saturated heterocycles. The number of hydrogen-bond donors (Lipinski definition) is 0. The SMILES string of the molecule is COc1ccc(C(=O)COC(=O)c2ccc(OC)c([N+](=O)[O-])c2)cc1Cl. The highest BCUT2D eigenvalue weighted by molar-refractivity contribution is 6.32. The highest BCUT2D eigenvalue weighted by Crippen LogP contribution is 2.28. The zero-order valence-electron chi connectivity index (χ0n) is 13.9. The molecule has 0 unspecified atom stereocenters. The van der Waals surface area contributed by atoms with E-state index in [1.807, 2.05) is 0 Å². The standard InChI is InChI=1S/C17H14ClNO7/c1-24-15-5-3-10(7-12(15)18)14(20)9-26-17(21)11-4-6-16(25-2)13(8-11)19(22)23/h3-8H,9H2,1-2H3. The highest BCUT2D eigenvalue weighted by Gasteiger charge is 2.20. The third kappa shape index (κ3) is 4.28. The second-order valence-corrected chi connectivity index (χ2v) is 5.40. The summed E-state index contributed by atoms with van der Waals surface area (Å²) in [5.74, 6) is -0.934. The van der Waals surface area contributed by atoms with E-state index in [9.17, 15) is 19.7 Å². The molecule has 2 aromatic carbocycles. The fourth-order valence-corrected chi connectivity index (χ4v) is 2.35. The predicted octanol–water partition coefficient (Wildman–Crippen LogP) is 3.31. The van der Waals surface area contributed by atoms with Gasteiger partial charge in [-0.2, -0.15) is 0 Å². The minimum Gasteiger partial charge on any atom is -0.495 e. The zero-order valence-corrected chi connectivity index (χ0v) is 14.6. The molecule has 136 valence electrons. The normalized spacial score (nSPS) is 10.1. The molecule has 0 aliphatic carbocycles. The van der Waals surface area contributed by atoms with Crippen LogP contribution in [0.5, 0.6) is 11.5 Å². The molecule has 8 nitrogen and oxygen atoms in total. The fourth-order valence-electron chi connectivity index (χ4n) is 2.10. The number of benzene rings is 2. The largest absolute Gasteiger partial charge is 0.495 e. The van der Waals surface area contributed by atoms with E-state index in [-0.39, 0.29) is 27.6 Å². The van der Waals surface area contributed by atoms with Gasteiger partial charge in [0.25, 0.3) is 0 Å². The number of methoxy groups -OCH3 is 2. The van der Waals surface area contributed by atoms with Gasteiger partial charge in [0.05, 0.1) is 29.7 Å². The smallest absolute Gasteiger partial charge is 0.338 e. The first kappa shape index (κ1) is 19.2. The van der Waals surface area contributed by atoms with Crippen molar-refractivity contribution < 1.29 is 28.7 Å². The number of Topliss-reactive ketones (excluding diaryl/α,β-unsaturated/α-hetero) is 1. The monoisotopic (exact) mass is 379 g/mol. The van der Waals surface area contributed by atoms with E-state index < -0.39 is 23.3 Å². The molecule has 0 fully saturated rings. The molecule has 0 atom stereocenters. The maximum absolute atomic E-state index is 12.1. The van der Waals surface area contributed by atoms with Crippen molar-refractivity contribution in [2.45, 2.75) is 0 Å². The topological polar surface area (TPSA) is 105 Å². The molecule has 0 bridgehead atoms.